The molecule has 1 aliphatic rings. The molecule has 2 rings (SSSR count). The van der Waals surface area contributed by atoms with Gasteiger partial charge < -0.3 is 20.1 Å². The second-order valence-corrected chi connectivity index (χ2v) is 8.33. The standard InChI is InChI=1S/C15H26N2S.C4H6O4/c1-12-14(8-10-16-12)18-15(9-11-17(2)3)13-6-4-5-7-13;5-3(6)1-2-4(7)8/h8,10,13,15-16H,4-7,9,11H2,1-3H3;1-2H2,(H,5,6)(H,7,8). The normalized spacial score (nSPS) is 15.5. The summed E-state index contributed by atoms with van der Waals surface area (Å²) in [4.78, 5) is 26.3. The lowest BCUT2D eigenvalue weighted by Gasteiger charge is -2.24. The fraction of sp³-hybridized carbons (Fsp3) is 0.684. The van der Waals surface area contributed by atoms with Crippen LogP contribution in [0.2, 0.25) is 0 Å². The monoisotopic (exact) mass is 384 g/mol. The van der Waals surface area contributed by atoms with Gasteiger partial charge in [-0.2, -0.15) is 0 Å². The topological polar surface area (TPSA) is 93.6 Å². The number of carboxylic acid groups (broad SMARTS) is 2. The quantitative estimate of drug-likeness (QED) is 0.560. The Morgan fingerprint density at radius 2 is 1.81 bits per heavy atom. The third-order valence-corrected chi connectivity index (χ3v) is 6.14. The minimum Gasteiger partial charge on any atom is -0.481 e. The third-order valence-electron chi connectivity index (χ3n) is 4.52. The Morgan fingerprint density at radius 3 is 2.23 bits per heavy atom. The van der Waals surface area contributed by atoms with Crippen molar-refractivity contribution in [3.05, 3.63) is 18.0 Å². The first-order valence-corrected chi connectivity index (χ1v) is 10.1. The third kappa shape index (κ3) is 9.29. The number of aryl methyl sites for hydroxylation is 1. The van der Waals surface area contributed by atoms with Gasteiger partial charge in [-0.05, 0) is 58.8 Å². The summed E-state index contributed by atoms with van der Waals surface area (Å²) >= 11 is 2.10. The van der Waals surface area contributed by atoms with Gasteiger partial charge >= 0.3 is 11.9 Å². The number of carboxylic acids is 2. The number of H-pyrrole nitrogens is 1. The van der Waals surface area contributed by atoms with Gasteiger partial charge in [0.15, 0.2) is 0 Å². The second kappa shape index (κ2) is 12.0. The molecule has 1 aromatic rings. The van der Waals surface area contributed by atoms with E-state index in [1.807, 2.05) is 0 Å². The zero-order valence-electron chi connectivity index (χ0n) is 16.0. The van der Waals surface area contributed by atoms with Crippen LogP contribution < -0.4 is 0 Å². The highest BCUT2D eigenvalue weighted by Crippen LogP contribution is 2.39. The molecule has 0 spiro atoms. The number of nitrogens with zero attached hydrogens (tertiary/aromatic N) is 1. The summed E-state index contributed by atoms with van der Waals surface area (Å²) in [5.41, 5.74) is 1.33. The maximum absolute atomic E-state index is 9.64. The van der Waals surface area contributed by atoms with Crippen LogP contribution in [0.3, 0.4) is 0 Å². The molecule has 6 nitrogen and oxygen atoms in total. The molecule has 26 heavy (non-hydrogen) atoms. The summed E-state index contributed by atoms with van der Waals surface area (Å²) in [6.07, 6.45) is 8.54. The molecule has 1 atom stereocenters. The van der Waals surface area contributed by atoms with E-state index in [1.165, 1.54) is 49.2 Å². The molecular formula is C19H32N2O4S. The number of aromatic amines is 1. The van der Waals surface area contributed by atoms with Crippen LogP contribution in [0.25, 0.3) is 0 Å². The average molecular weight is 385 g/mol. The minimum absolute atomic E-state index is 0.296. The van der Waals surface area contributed by atoms with E-state index in [4.69, 9.17) is 10.2 Å². The van der Waals surface area contributed by atoms with E-state index in [2.05, 4.69) is 54.9 Å². The minimum atomic E-state index is -1.08. The lowest BCUT2D eigenvalue weighted by atomic mass is 10.0. The summed E-state index contributed by atoms with van der Waals surface area (Å²) in [7, 11) is 4.36. The highest BCUT2D eigenvalue weighted by atomic mass is 32.2. The zero-order chi connectivity index (χ0) is 19.5. The molecule has 1 aliphatic carbocycles. The number of nitrogens with one attached hydrogen (secondary N) is 1. The highest BCUT2D eigenvalue weighted by molar-refractivity contribution is 8.00. The predicted molar refractivity (Wildman–Crippen MR) is 105 cm³/mol. The summed E-state index contributed by atoms with van der Waals surface area (Å²) in [6.45, 7) is 3.39. The van der Waals surface area contributed by atoms with Gasteiger partial charge in [-0.1, -0.05) is 12.8 Å². The maximum Gasteiger partial charge on any atom is 0.303 e. The fourth-order valence-corrected chi connectivity index (χ4v) is 4.44. The van der Waals surface area contributed by atoms with E-state index < -0.39 is 11.9 Å². The number of hydrogen-bond donors (Lipinski definition) is 3. The summed E-state index contributed by atoms with van der Waals surface area (Å²) < 4.78 is 0. The van der Waals surface area contributed by atoms with Gasteiger partial charge in [0.2, 0.25) is 0 Å². The molecule has 0 bridgehead atoms. The predicted octanol–water partition coefficient (Wildman–Crippen LogP) is 3.86. The second-order valence-electron chi connectivity index (χ2n) is 7.05. The van der Waals surface area contributed by atoms with Crippen molar-refractivity contribution in [2.24, 2.45) is 5.92 Å². The summed E-state index contributed by atoms with van der Waals surface area (Å²) in [5, 5.41) is 16.6. The number of carbonyl (C=O) groups is 2. The first-order chi connectivity index (χ1) is 12.3. The van der Waals surface area contributed by atoms with E-state index in [-0.39, 0.29) is 12.8 Å². The van der Waals surface area contributed by atoms with Crippen LogP contribution in [-0.4, -0.2) is 57.9 Å². The lowest BCUT2D eigenvalue weighted by molar-refractivity contribution is -0.143. The van der Waals surface area contributed by atoms with Crippen molar-refractivity contribution in [2.75, 3.05) is 20.6 Å². The Morgan fingerprint density at radius 1 is 1.23 bits per heavy atom. The van der Waals surface area contributed by atoms with Crippen molar-refractivity contribution in [3.8, 4) is 0 Å². The molecule has 0 radical (unpaired) electrons. The largest absolute Gasteiger partial charge is 0.481 e. The molecule has 148 valence electrons. The van der Waals surface area contributed by atoms with E-state index in [0.29, 0.717) is 0 Å². The molecule has 1 aromatic heterocycles. The van der Waals surface area contributed by atoms with Gasteiger partial charge in [0.1, 0.15) is 0 Å². The Labute approximate surface area is 160 Å². The van der Waals surface area contributed by atoms with Crippen molar-refractivity contribution in [1.29, 1.82) is 0 Å². The van der Waals surface area contributed by atoms with Crippen LogP contribution in [0.15, 0.2) is 17.2 Å². The van der Waals surface area contributed by atoms with Crippen molar-refractivity contribution >= 4 is 23.7 Å². The van der Waals surface area contributed by atoms with Gasteiger partial charge in [-0.15, -0.1) is 11.8 Å². The Bertz CT molecular complexity index is 539. The SMILES string of the molecule is Cc1[nH]ccc1SC(CCN(C)C)C1CCCC1.O=C(O)CCC(=O)O. The van der Waals surface area contributed by atoms with Gasteiger partial charge in [0.25, 0.3) is 0 Å². The number of hydrogen-bond acceptors (Lipinski definition) is 4. The van der Waals surface area contributed by atoms with E-state index in [9.17, 15) is 9.59 Å². The molecule has 3 N–H and O–H groups in total. The summed E-state index contributed by atoms with van der Waals surface area (Å²) in [6, 6.07) is 2.23. The number of thioether (sulfide) groups is 1. The van der Waals surface area contributed by atoms with Crippen molar-refractivity contribution in [3.63, 3.8) is 0 Å². The Kier molecular flexibility index (Phi) is 10.4. The summed E-state index contributed by atoms with van der Waals surface area (Å²) in [5.74, 6) is -1.22. The molecule has 1 fully saturated rings. The molecular weight excluding hydrogens is 352 g/mol. The van der Waals surface area contributed by atoms with E-state index >= 15 is 0 Å². The number of aliphatic carboxylic acids is 2. The maximum atomic E-state index is 9.64. The van der Waals surface area contributed by atoms with Crippen LogP contribution in [0, 0.1) is 12.8 Å². The van der Waals surface area contributed by atoms with Crippen LogP contribution in [0.5, 0.6) is 0 Å². The first-order valence-electron chi connectivity index (χ1n) is 9.18. The Hall–Kier alpha value is -1.47. The molecule has 0 aromatic carbocycles. The zero-order valence-corrected chi connectivity index (χ0v) is 16.8. The smallest absolute Gasteiger partial charge is 0.303 e. The fourth-order valence-electron chi connectivity index (χ4n) is 3.05. The molecule has 0 saturated heterocycles. The molecule has 1 unspecified atom stereocenters. The number of aromatic nitrogens is 1. The van der Waals surface area contributed by atoms with Crippen molar-refractivity contribution in [2.45, 2.75) is 62.0 Å². The molecule has 1 heterocycles. The number of rotatable bonds is 9. The molecule has 7 heteroatoms. The van der Waals surface area contributed by atoms with Crippen LogP contribution in [0.4, 0.5) is 0 Å². The molecule has 0 amide bonds. The molecule has 1 saturated carbocycles. The van der Waals surface area contributed by atoms with Gasteiger partial charge in [-0.25, -0.2) is 0 Å². The average Bonchev–Trinajstić information content (AvgIpc) is 3.22. The van der Waals surface area contributed by atoms with Crippen molar-refractivity contribution < 1.29 is 19.8 Å². The highest BCUT2D eigenvalue weighted by Gasteiger charge is 2.26. The van der Waals surface area contributed by atoms with Crippen LogP contribution in [0.1, 0.15) is 50.6 Å². The van der Waals surface area contributed by atoms with E-state index in [0.717, 1.165) is 11.2 Å². The lowest BCUT2D eigenvalue weighted by Crippen LogP contribution is -2.22. The van der Waals surface area contributed by atoms with Crippen LogP contribution >= 0.6 is 11.8 Å². The van der Waals surface area contributed by atoms with Crippen LogP contribution in [-0.2, 0) is 9.59 Å². The van der Waals surface area contributed by atoms with Gasteiger partial charge in [-0.3, -0.25) is 9.59 Å². The van der Waals surface area contributed by atoms with Crippen molar-refractivity contribution in [1.82, 2.24) is 9.88 Å². The Balaban J connectivity index is 0.000000359. The van der Waals surface area contributed by atoms with E-state index in [1.54, 1.807) is 0 Å². The van der Waals surface area contributed by atoms with Gasteiger partial charge in [0.05, 0.1) is 12.8 Å². The van der Waals surface area contributed by atoms with Gasteiger partial charge in [0, 0.05) is 22.0 Å². The first kappa shape index (κ1) is 22.6. The molecule has 0 aliphatic heterocycles.